The van der Waals surface area contributed by atoms with Gasteiger partial charge in [0.1, 0.15) is 5.75 Å². The van der Waals surface area contributed by atoms with E-state index in [9.17, 15) is 8.78 Å². The summed E-state index contributed by atoms with van der Waals surface area (Å²) in [5.41, 5.74) is 0.790. The molecule has 0 saturated heterocycles. The van der Waals surface area contributed by atoms with Crippen molar-refractivity contribution in [3.05, 3.63) is 29.8 Å². The number of hydrogen-bond acceptors (Lipinski definition) is 2. The van der Waals surface area contributed by atoms with Crippen LogP contribution in [0.3, 0.4) is 0 Å². The molecule has 0 aliphatic heterocycles. The third kappa shape index (κ3) is 3.92. The number of para-hydroxylation sites is 1. The zero-order chi connectivity index (χ0) is 14.5. The maximum Gasteiger partial charge on any atom is 0.387 e. The molecule has 0 heterocycles. The molecule has 0 aromatic heterocycles. The van der Waals surface area contributed by atoms with Crippen molar-refractivity contribution in [3.8, 4) is 5.75 Å². The second-order valence-electron chi connectivity index (χ2n) is 5.71. The topological polar surface area (TPSA) is 21.3 Å². The van der Waals surface area contributed by atoms with Gasteiger partial charge in [-0.15, -0.1) is 0 Å². The molecule has 0 amide bonds. The van der Waals surface area contributed by atoms with Gasteiger partial charge in [-0.05, 0) is 37.8 Å². The van der Waals surface area contributed by atoms with Crippen molar-refractivity contribution in [2.75, 3.05) is 6.54 Å². The van der Waals surface area contributed by atoms with Crippen molar-refractivity contribution in [3.63, 3.8) is 0 Å². The van der Waals surface area contributed by atoms with E-state index >= 15 is 0 Å². The summed E-state index contributed by atoms with van der Waals surface area (Å²) >= 11 is 0. The van der Waals surface area contributed by atoms with Crippen LogP contribution in [0.5, 0.6) is 5.75 Å². The lowest BCUT2D eigenvalue weighted by molar-refractivity contribution is -0.0506. The Balaban J connectivity index is 1.96. The van der Waals surface area contributed by atoms with E-state index in [0.717, 1.165) is 18.0 Å². The Labute approximate surface area is 119 Å². The minimum atomic E-state index is -2.78. The summed E-state index contributed by atoms with van der Waals surface area (Å²) in [4.78, 5) is 0. The van der Waals surface area contributed by atoms with Gasteiger partial charge in [0.2, 0.25) is 0 Å². The zero-order valence-corrected chi connectivity index (χ0v) is 12.1. The molecule has 0 radical (unpaired) electrons. The predicted molar refractivity (Wildman–Crippen MR) is 76.0 cm³/mol. The van der Waals surface area contributed by atoms with Gasteiger partial charge in [-0.25, -0.2) is 0 Å². The molecular weight excluding hydrogens is 260 g/mol. The van der Waals surface area contributed by atoms with E-state index in [1.165, 1.54) is 19.3 Å². The second kappa shape index (κ2) is 7.02. The van der Waals surface area contributed by atoms with Crippen LogP contribution >= 0.6 is 0 Å². The van der Waals surface area contributed by atoms with Gasteiger partial charge in [-0.3, -0.25) is 0 Å². The molecule has 1 N–H and O–H groups in total. The highest BCUT2D eigenvalue weighted by atomic mass is 19.3. The number of nitrogens with one attached hydrogen (secondary N) is 1. The first kappa shape index (κ1) is 15.2. The number of benzene rings is 1. The van der Waals surface area contributed by atoms with Gasteiger partial charge in [0.15, 0.2) is 0 Å². The fourth-order valence-corrected chi connectivity index (χ4v) is 3.01. The first-order chi connectivity index (χ1) is 9.58. The molecular formula is C16H23F2NO. The van der Waals surface area contributed by atoms with Crippen LogP contribution in [-0.2, 0) is 0 Å². The minimum absolute atomic E-state index is 0.0118. The standard InChI is InChI=1S/C16H23F2NO/c1-11-6-5-7-13(11)10-19-12(2)14-8-3-4-9-15(14)20-16(17)18/h3-4,8-9,11-13,16,19H,5-7,10H2,1-2H3. The third-order valence-corrected chi connectivity index (χ3v) is 4.33. The second-order valence-corrected chi connectivity index (χ2v) is 5.71. The van der Waals surface area contributed by atoms with Crippen LogP contribution in [0.15, 0.2) is 24.3 Å². The van der Waals surface area contributed by atoms with E-state index in [4.69, 9.17) is 0 Å². The number of rotatable bonds is 6. The summed E-state index contributed by atoms with van der Waals surface area (Å²) in [6.45, 7) is 2.44. The van der Waals surface area contributed by atoms with Crippen LogP contribution in [0.1, 0.15) is 44.7 Å². The monoisotopic (exact) mass is 283 g/mol. The molecule has 1 saturated carbocycles. The summed E-state index contributed by atoms with van der Waals surface area (Å²) in [7, 11) is 0. The van der Waals surface area contributed by atoms with E-state index in [0.29, 0.717) is 5.92 Å². The molecule has 2 nitrogen and oxygen atoms in total. The molecule has 3 unspecified atom stereocenters. The summed E-state index contributed by atoms with van der Waals surface area (Å²) < 4.78 is 29.4. The largest absolute Gasteiger partial charge is 0.434 e. The van der Waals surface area contributed by atoms with E-state index in [1.807, 2.05) is 19.1 Å². The average Bonchev–Trinajstić information content (AvgIpc) is 2.81. The first-order valence-electron chi connectivity index (χ1n) is 7.35. The highest BCUT2D eigenvalue weighted by Crippen LogP contribution is 2.32. The van der Waals surface area contributed by atoms with Crippen molar-refractivity contribution in [2.45, 2.75) is 45.8 Å². The van der Waals surface area contributed by atoms with E-state index in [-0.39, 0.29) is 11.8 Å². The highest BCUT2D eigenvalue weighted by Gasteiger charge is 2.24. The maximum atomic E-state index is 12.4. The molecule has 1 aromatic rings. The van der Waals surface area contributed by atoms with Gasteiger partial charge in [0, 0.05) is 11.6 Å². The Hall–Kier alpha value is -1.16. The third-order valence-electron chi connectivity index (χ3n) is 4.33. The lowest BCUT2D eigenvalue weighted by atomic mass is 9.97. The normalized spacial score (nSPS) is 24.1. The predicted octanol–water partition coefficient (Wildman–Crippen LogP) is 4.37. The zero-order valence-electron chi connectivity index (χ0n) is 12.1. The van der Waals surface area contributed by atoms with Crippen molar-refractivity contribution in [2.24, 2.45) is 11.8 Å². The lowest BCUT2D eigenvalue weighted by Crippen LogP contribution is -2.27. The molecule has 4 heteroatoms. The van der Waals surface area contributed by atoms with Gasteiger partial charge in [-0.2, -0.15) is 8.78 Å². The SMILES string of the molecule is CC(NCC1CCCC1C)c1ccccc1OC(F)F. The summed E-state index contributed by atoms with van der Waals surface area (Å²) in [6, 6.07) is 7.01. The smallest absolute Gasteiger partial charge is 0.387 e. The Morgan fingerprint density at radius 1 is 1.30 bits per heavy atom. The number of halogens is 2. The van der Waals surface area contributed by atoms with Crippen molar-refractivity contribution >= 4 is 0 Å². The fraction of sp³-hybridized carbons (Fsp3) is 0.625. The molecule has 20 heavy (non-hydrogen) atoms. The molecule has 1 aromatic carbocycles. The van der Waals surface area contributed by atoms with Crippen LogP contribution in [0.4, 0.5) is 8.78 Å². The summed E-state index contributed by atoms with van der Waals surface area (Å²) in [6.07, 6.45) is 3.86. The van der Waals surface area contributed by atoms with Gasteiger partial charge in [0.25, 0.3) is 0 Å². The number of hydrogen-bond donors (Lipinski definition) is 1. The molecule has 1 fully saturated rings. The van der Waals surface area contributed by atoms with E-state index < -0.39 is 6.61 Å². The van der Waals surface area contributed by atoms with Gasteiger partial charge in [0.05, 0.1) is 0 Å². The van der Waals surface area contributed by atoms with Gasteiger partial charge >= 0.3 is 6.61 Å². The number of ether oxygens (including phenoxy) is 1. The Bertz CT molecular complexity index is 425. The van der Waals surface area contributed by atoms with Gasteiger partial charge in [-0.1, -0.05) is 38.0 Å². The van der Waals surface area contributed by atoms with Crippen LogP contribution in [0, 0.1) is 11.8 Å². The van der Waals surface area contributed by atoms with E-state index in [2.05, 4.69) is 17.0 Å². The molecule has 3 atom stereocenters. The van der Waals surface area contributed by atoms with Crippen molar-refractivity contribution in [1.82, 2.24) is 5.32 Å². The molecule has 0 bridgehead atoms. The molecule has 1 aliphatic carbocycles. The van der Waals surface area contributed by atoms with Crippen LogP contribution in [-0.4, -0.2) is 13.2 Å². The highest BCUT2D eigenvalue weighted by molar-refractivity contribution is 5.35. The lowest BCUT2D eigenvalue weighted by Gasteiger charge is -2.22. The van der Waals surface area contributed by atoms with Crippen LogP contribution in [0.25, 0.3) is 0 Å². The Morgan fingerprint density at radius 2 is 2.05 bits per heavy atom. The first-order valence-corrected chi connectivity index (χ1v) is 7.35. The van der Waals surface area contributed by atoms with Crippen molar-refractivity contribution in [1.29, 1.82) is 0 Å². The summed E-state index contributed by atoms with van der Waals surface area (Å²) in [5.74, 6) is 1.71. The van der Waals surface area contributed by atoms with E-state index in [1.54, 1.807) is 12.1 Å². The molecule has 112 valence electrons. The molecule has 2 rings (SSSR count). The van der Waals surface area contributed by atoms with Crippen molar-refractivity contribution < 1.29 is 13.5 Å². The summed E-state index contributed by atoms with van der Waals surface area (Å²) in [5, 5.41) is 3.46. The molecule has 0 spiro atoms. The Kier molecular flexibility index (Phi) is 5.35. The quantitative estimate of drug-likeness (QED) is 0.836. The minimum Gasteiger partial charge on any atom is -0.434 e. The Morgan fingerprint density at radius 3 is 2.70 bits per heavy atom. The van der Waals surface area contributed by atoms with Crippen LogP contribution < -0.4 is 10.1 Å². The number of alkyl halides is 2. The van der Waals surface area contributed by atoms with Crippen LogP contribution in [0.2, 0.25) is 0 Å². The maximum absolute atomic E-state index is 12.4. The average molecular weight is 283 g/mol. The van der Waals surface area contributed by atoms with Gasteiger partial charge < -0.3 is 10.1 Å². The fourth-order valence-electron chi connectivity index (χ4n) is 3.01. The molecule has 1 aliphatic rings.